The summed E-state index contributed by atoms with van der Waals surface area (Å²) in [5.74, 6) is -0.512. The van der Waals surface area contributed by atoms with Gasteiger partial charge in [0.05, 0.1) is 17.1 Å². The predicted molar refractivity (Wildman–Crippen MR) is 73.1 cm³/mol. The average Bonchev–Trinajstić information content (AvgIpc) is 2.35. The quantitative estimate of drug-likeness (QED) is 0.492. The van der Waals surface area contributed by atoms with Gasteiger partial charge in [0.1, 0.15) is 12.2 Å². The predicted octanol–water partition coefficient (Wildman–Crippen LogP) is 1.79. The first-order valence-corrected chi connectivity index (χ1v) is 6.03. The number of carbonyl (C=O) groups is 1. The molecule has 0 saturated carbocycles. The third-order valence-electron chi connectivity index (χ3n) is 2.06. The molecule has 116 valence electrons. The van der Waals surface area contributed by atoms with Crippen molar-refractivity contribution in [2.24, 2.45) is 5.10 Å². The van der Waals surface area contributed by atoms with Crippen LogP contribution in [0.2, 0.25) is 5.02 Å². The van der Waals surface area contributed by atoms with Crippen LogP contribution in [0, 0.1) is 0 Å². The largest absolute Gasteiger partial charge is 0.417 e. The van der Waals surface area contributed by atoms with E-state index in [0.717, 1.165) is 6.07 Å². The Morgan fingerprint density at radius 1 is 1.52 bits per heavy atom. The van der Waals surface area contributed by atoms with Crippen LogP contribution in [0.3, 0.4) is 0 Å². The first kappa shape index (κ1) is 17.0. The van der Waals surface area contributed by atoms with Crippen molar-refractivity contribution >= 4 is 29.7 Å². The molecule has 0 saturated heterocycles. The van der Waals surface area contributed by atoms with E-state index in [9.17, 15) is 18.0 Å². The van der Waals surface area contributed by atoms with E-state index < -0.39 is 17.6 Å². The van der Waals surface area contributed by atoms with Gasteiger partial charge in [-0.25, -0.2) is 10.4 Å². The van der Waals surface area contributed by atoms with Crippen LogP contribution >= 0.6 is 11.6 Å². The van der Waals surface area contributed by atoms with Gasteiger partial charge in [0.2, 0.25) is 0 Å². The smallest absolute Gasteiger partial charge is 0.367 e. The number of rotatable bonds is 5. The maximum atomic E-state index is 12.4. The van der Waals surface area contributed by atoms with Gasteiger partial charge in [-0.05, 0) is 6.07 Å². The van der Waals surface area contributed by atoms with Crippen molar-refractivity contribution in [2.75, 3.05) is 26.0 Å². The molecule has 0 aliphatic rings. The van der Waals surface area contributed by atoms with Crippen LogP contribution in [0.15, 0.2) is 17.4 Å². The molecule has 2 N–H and O–H groups in total. The van der Waals surface area contributed by atoms with E-state index in [-0.39, 0.29) is 17.4 Å². The summed E-state index contributed by atoms with van der Waals surface area (Å²) in [6.45, 7) is -0.233. The Bertz CT molecular complexity index is 533. The lowest BCUT2D eigenvalue weighted by molar-refractivity contribution is -0.137. The number of halogens is 4. The molecule has 0 bridgehead atoms. The van der Waals surface area contributed by atoms with Crippen molar-refractivity contribution in [2.45, 2.75) is 6.18 Å². The summed E-state index contributed by atoms with van der Waals surface area (Å²) in [6, 6.07) is 0.735. The molecule has 6 nitrogen and oxygen atoms in total. The molecule has 1 heterocycles. The number of anilines is 1. The van der Waals surface area contributed by atoms with Crippen LogP contribution < -0.4 is 10.7 Å². The SMILES string of the molecule is CN(C)/C=N\NC(=O)CNc1ncc(C(F)(F)F)cc1Cl. The number of carbonyl (C=O) groups excluding carboxylic acids is 1. The molecule has 0 aliphatic heterocycles. The highest BCUT2D eigenvalue weighted by molar-refractivity contribution is 6.33. The van der Waals surface area contributed by atoms with Crippen LogP contribution in [0.4, 0.5) is 19.0 Å². The van der Waals surface area contributed by atoms with Crippen LogP contribution in [-0.4, -0.2) is 42.8 Å². The van der Waals surface area contributed by atoms with E-state index >= 15 is 0 Å². The fourth-order valence-corrected chi connectivity index (χ4v) is 1.38. The number of hydrogen-bond donors (Lipinski definition) is 2. The minimum Gasteiger partial charge on any atom is -0.367 e. The molecule has 1 amide bonds. The highest BCUT2D eigenvalue weighted by Gasteiger charge is 2.31. The van der Waals surface area contributed by atoms with Crippen molar-refractivity contribution in [3.8, 4) is 0 Å². The minimum atomic E-state index is -4.52. The molecular formula is C11H13ClF3N5O. The molecule has 0 aliphatic carbocycles. The lowest BCUT2D eigenvalue weighted by Crippen LogP contribution is -2.27. The second-order valence-corrected chi connectivity index (χ2v) is 4.56. The van der Waals surface area contributed by atoms with Crippen molar-refractivity contribution in [3.05, 3.63) is 22.8 Å². The van der Waals surface area contributed by atoms with E-state index in [4.69, 9.17) is 11.6 Å². The van der Waals surface area contributed by atoms with Gasteiger partial charge < -0.3 is 10.2 Å². The van der Waals surface area contributed by atoms with E-state index in [1.807, 2.05) is 0 Å². The molecule has 0 fully saturated rings. The second-order valence-electron chi connectivity index (χ2n) is 4.15. The van der Waals surface area contributed by atoms with E-state index in [1.54, 1.807) is 19.0 Å². The van der Waals surface area contributed by atoms with Crippen molar-refractivity contribution in [1.29, 1.82) is 0 Å². The Kier molecular flexibility index (Phi) is 5.77. The zero-order chi connectivity index (χ0) is 16.0. The Balaban J connectivity index is 2.58. The van der Waals surface area contributed by atoms with Crippen molar-refractivity contribution in [1.82, 2.24) is 15.3 Å². The zero-order valence-electron chi connectivity index (χ0n) is 11.2. The van der Waals surface area contributed by atoms with Crippen LogP contribution in [0.1, 0.15) is 5.56 Å². The highest BCUT2D eigenvalue weighted by Crippen LogP contribution is 2.32. The summed E-state index contributed by atoms with van der Waals surface area (Å²) in [5, 5.41) is 5.90. The van der Waals surface area contributed by atoms with Crippen molar-refractivity contribution in [3.63, 3.8) is 0 Å². The Morgan fingerprint density at radius 2 is 2.19 bits per heavy atom. The molecule has 0 atom stereocenters. The van der Waals surface area contributed by atoms with Gasteiger partial charge in [0.25, 0.3) is 5.91 Å². The highest BCUT2D eigenvalue weighted by atomic mass is 35.5. The Labute approximate surface area is 124 Å². The third kappa shape index (κ3) is 5.86. The van der Waals surface area contributed by atoms with Gasteiger partial charge >= 0.3 is 6.18 Å². The second kappa shape index (κ2) is 7.11. The third-order valence-corrected chi connectivity index (χ3v) is 2.35. The Hall–Kier alpha value is -2.03. The molecule has 10 heteroatoms. The van der Waals surface area contributed by atoms with Gasteiger partial charge in [-0.2, -0.15) is 18.3 Å². The van der Waals surface area contributed by atoms with E-state index in [2.05, 4.69) is 20.8 Å². The molecular weight excluding hydrogens is 311 g/mol. The minimum absolute atomic E-state index is 0.0172. The standard InChI is InChI=1S/C11H13ClF3N5O/c1-20(2)6-18-19-9(21)5-17-10-8(12)3-7(4-16-10)11(13,14)15/h3-4,6H,5H2,1-2H3,(H,16,17)(H,19,21)/b18-6-. The van der Waals surface area contributed by atoms with E-state index in [1.165, 1.54) is 6.34 Å². The zero-order valence-corrected chi connectivity index (χ0v) is 12.0. The lowest BCUT2D eigenvalue weighted by atomic mass is 10.3. The summed E-state index contributed by atoms with van der Waals surface area (Å²) in [7, 11) is 3.44. The molecule has 1 aromatic heterocycles. The maximum Gasteiger partial charge on any atom is 0.417 e. The molecule has 21 heavy (non-hydrogen) atoms. The average molecular weight is 324 g/mol. The van der Waals surface area contributed by atoms with Gasteiger partial charge in [-0.1, -0.05) is 11.6 Å². The fourth-order valence-electron chi connectivity index (χ4n) is 1.14. The summed E-state index contributed by atoms with van der Waals surface area (Å²) < 4.78 is 37.2. The van der Waals surface area contributed by atoms with Crippen LogP contribution in [-0.2, 0) is 11.0 Å². The lowest BCUT2D eigenvalue weighted by Gasteiger charge is -2.10. The first-order valence-electron chi connectivity index (χ1n) is 5.65. The van der Waals surface area contributed by atoms with Gasteiger partial charge in [-0.3, -0.25) is 4.79 Å². The number of hydrazone groups is 1. The van der Waals surface area contributed by atoms with Crippen LogP contribution in [0.5, 0.6) is 0 Å². The first-order chi connectivity index (χ1) is 9.70. The molecule has 0 spiro atoms. The molecule has 1 rings (SSSR count). The normalized spacial score (nSPS) is 11.5. The Morgan fingerprint density at radius 3 is 2.71 bits per heavy atom. The summed E-state index contributed by atoms with van der Waals surface area (Å²) in [4.78, 5) is 16.5. The van der Waals surface area contributed by atoms with Gasteiger partial charge in [0.15, 0.2) is 0 Å². The number of hydrogen-bond acceptors (Lipinski definition) is 4. The number of aromatic nitrogens is 1. The summed E-state index contributed by atoms with van der Waals surface area (Å²) >= 11 is 5.67. The van der Waals surface area contributed by atoms with E-state index in [0.29, 0.717) is 6.20 Å². The van der Waals surface area contributed by atoms with Crippen LogP contribution in [0.25, 0.3) is 0 Å². The molecule has 0 unspecified atom stereocenters. The van der Waals surface area contributed by atoms with Crippen molar-refractivity contribution < 1.29 is 18.0 Å². The molecule has 0 aromatic carbocycles. The molecule has 1 aromatic rings. The number of alkyl halides is 3. The number of amides is 1. The topological polar surface area (TPSA) is 69.6 Å². The summed E-state index contributed by atoms with van der Waals surface area (Å²) in [6.07, 6.45) is -2.51. The summed E-state index contributed by atoms with van der Waals surface area (Å²) in [5.41, 5.74) is 1.25. The van der Waals surface area contributed by atoms with Gasteiger partial charge in [0, 0.05) is 20.3 Å². The number of nitrogens with one attached hydrogen (secondary N) is 2. The fraction of sp³-hybridized carbons (Fsp3) is 0.364. The molecule has 0 radical (unpaired) electrons. The number of nitrogens with zero attached hydrogens (tertiary/aromatic N) is 3. The maximum absolute atomic E-state index is 12.4. The number of pyridine rings is 1. The van der Waals surface area contributed by atoms with Gasteiger partial charge in [-0.15, -0.1) is 0 Å². The monoisotopic (exact) mass is 323 g/mol.